The van der Waals surface area contributed by atoms with Gasteiger partial charge in [0, 0.05) is 37.4 Å². The number of ether oxygens (including phenoxy) is 1. The summed E-state index contributed by atoms with van der Waals surface area (Å²) in [6, 6.07) is 0. The Balaban J connectivity index is 4.17. The van der Waals surface area contributed by atoms with Crippen molar-refractivity contribution in [2.24, 2.45) is 0 Å². The lowest BCUT2D eigenvalue weighted by Crippen LogP contribution is -2.36. The van der Waals surface area contributed by atoms with Crippen molar-refractivity contribution in [1.29, 1.82) is 0 Å². The summed E-state index contributed by atoms with van der Waals surface area (Å²) in [6.07, 6.45) is 0.0690. The second-order valence-electron chi connectivity index (χ2n) is 5.19. The number of carbonyl (C=O) groups is 1. The number of halogens is 1. The highest BCUT2D eigenvalue weighted by atomic mass is 35.7. The Kier molecular flexibility index (Phi) is 7.10. The van der Waals surface area contributed by atoms with Crippen molar-refractivity contribution in [2.45, 2.75) is 39.7 Å². The highest BCUT2D eigenvalue weighted by molar-refractivity contribution is 8.11. The van der Waals surface area contributed by atoms with Crippen LogP contribution >= 0.6 is 10.7 Å². The van der Waals surface area contributed by atoms with Crippen LogP contribution in [0.2, 0.25) is 0 Å². The molecule has 0 aliphatic heterocycles. The highest BCUT2D eigenvalue weighted by Gasteiger charge is 2.20. The van der Waals surface area contributed by atoms with Gasteiger partial charge in [0.05, 0.1) is 0 Å². The van der Waals surface area contributed by atoms with E-state index >= 15 is 0 Å². The van der Waals surface area contributed by atoms with Crippen LogP contribution in [0.4, 0.5) is 4.79 Å². The van der Waals surface area contributed by atoms with Crippen LogP contribution in [0.3, 0.4) is 0 Å². The van der Waals surface area contributed by atoms with Crippen LogP contribution < -0.4 is 0 Å². The molecular formula is C11H23ClN2O4S. The Morgan fingerprint density at radius 3 is 2.16 bits per heavy atom. The van der Waals surface area contributed by atoms with Crippen LogP contribution in [0, 0.1) is 0 Å². The van der Waals surface area contributed by atoms with Crippen LogP contribution in [0.1, 0.15) is 34.1 Å². The molecule has 6 nitrogen and oxygen atoms in total. The van der Waals surface area contributed by atoms with Crippen LogP contribution in [-0.4, -0.2) is 56.0 Å². The van der Waals surface area contributed by atoms with Gasteiger partial charge in [0.1, 0.15) is 5.60 Å². The van der Waals surface area contributed by atoms with Gasteiger partial charge in [-0.15, -0.1) is 0 Å². The van der Waals surface area contributed by atoms with Crippen molar-refractivity contribution in [2.75, 3.05) is 26.7 Å². The van der Waals surface area contributed by atoms with Gasteiger partial charge in [-0.2, -0.15) is 12.7 Å². The first kappa shape index (κ1) is 18.5. The fourth-order valence-corrected chi connectivity index (χ4v) is 2.49. The van der Waals surface area contributed by atoms with E-state index in [0.29, 0.717) is 19.5 Å². The van der Waals surface area contributed by atoms with Crippen LogP contribution in [0.15, 0.2) is 0 Å². The van der Waals surface area contributed by atoms with E-state index in [1.165, 1.54) is 4.90 Å². The number of hydrogen-bond acceptors (Lipinski definition) is 4. The molecule has 0 fully saturated rings. The first-order chi connectivity index (χ1) is 8.47. The molecular weight excluding hydrogens is 292 g/mol. The maximum Gasteiger partial charge on any atom is 0.410 e. The molecule has 0 spiro atoms. The fourth-order valence-electron chi connectivity index (χ4n) is 1.34. The van der Waals surface area contributed by atoms with Gasteiger partial charge in [0.15, 0.2) is 0 Å². The molecule has 0 aliphatic rings. The molecule has 0 bridgehead atoms. The standard InChI is InChI=1S/C11H23ClN2O4S/c1-6-14(19(12,16)17)9-7-8-13(5)10(15)18-11(2,3)4/h6-9H2,1-5H3. The van der Waals surface area contributed by atoms with Gasteiger partial charge in [-0.3, -0.25) is 0 Å². The molecule has 114 valence electrons. The van der Waals surface area contributed by atoms with Gasteiger partial charge in [-0.25, -0.2) is 4.79 Å². The first-order valence-electron chi connectivity index (χ1n) is 6.11. The molecule has 0 saturated heterocycles. The zero-order chi connectivity index (χ0) is 15.3. The zero-order valence-corrected chi connectivity index (χ0v) is 13.7. The number of hydrogen-bond donors (Lipinski definition) is 0. The topological polar surface area (TPSA) is 66.9 Å². The fraction of sp³-hybridized carbons (Fsp3) is 0.909. The summed E-state index contributed by atoms with van der Waals surface area (Å²) in [6.45, 7) is 8.06. The molecule has 0 aromatic heterocycles. The highest BCUT2D eigenvalue weighted by Crippen LogP contribution is 2.10. The molecule has 0 unspecified atom stereocenters. The summed E-state index contributed by atoms with van der Waals surface area (Å²) < 4.78 is 28.6. The van der Waals surface area contributed by atoms with E-state index in [-0.39, 0.29) is 6.54 Å². The molecule has 0 aromatic carbocycles. The van der Waals surface area contributed by atoms with Crippen LogP contribution in [-0.2, 0) is 14.0 Å². The summed E-state index contributed by atoms with van der Waals surface area (Å²) >= 11 is 0. The monoisotopic (exact) mass is 314 g/mol. The molecule has 19 heavy (non-hydrogen) atoms. The quantitative estimate of drug-likeness (QED) is 0.704. The lowest BCUT2D eigenvalue weighted by atomic mass is 10.2. The third-order valence-corrected chi connectivity index (χ3v) is 3.91. The second-order valence-corrected chi connectivity index (χ2v) is 7.70. The van der Waals surface area contributed by atoms with Gasteiger partial charge in [-0.05, 0) is 27.2 Å². The van der Waals surface area contributed by atoms with Crippen molar-refractivity contribution in [1.82, 2.24) is 9.21 Å². The van der Waals surface area contributed by atoms with Gasteiger partial charge < -0.3 is 9.64 Å². The summed E-state index contributed by atoms with van der Waals surface area (Å²) in [5.74, 6) is 0. The second kappa shape index (κ2) is 7.31. The molecule has 0 radical (unpaired) electrons. The van der Waals surface area contributed by atoms with Crippen molar-refractivity contribution in [3.05, 3.63) is 0 Å². The zero-order valence-electron chi connectivity index (χ0n) is 12.1. The predicted octanol–water partition coefficient (Wildman–Crippen LogP) is 2.05. The van der Waals surface area contributed by atoms with Gasteiger partial charge in [0.2, 0.25) is 0 Å². The third-order valence-electron chi connectivity index (χ3n) is 2.27. The molecule has 0 atom stereocenters. The van der Waals surface area contributed by atoms with Gasteiger partial charge >= 0.3 is 6.09 Å². The van der Waals surface area contributed by atoms with E-state index in [1.807, 2.05) is 0 Å². The van der Waals surface area contributed by atoms with E-state index in [4.69, 9.17) is 15.4 Å². The maximum atomic E-state index is 11.6. The predicted molar refractivity (Wildman–Crippen MR) is 75.5 cm³/mol. The molecule has 0 saturated carbocycles. The van der Waals surface area contributed by atoms with Crippen LogP contribution in [0.25, 0.3) is 0 Å². The average molecular weight is 315 g/mol. The van der Waals surface area contributed by atoms with E-state index in [9.17, 15) is 13.2 Å². The Morgan fingerprint density at radius 2 is 1.79 bits per heavy atom. The minimum atomic E-state index is -3.69. The molecule has 0 aromatic rings. The molecule has 0 aliphatic carbocycles. The lowest BCUT2D eigenvalue weighted by Gasteiger charge is -2.25. The number of amides is 1. The minimum absolute atomic E-state index is 0.273. The molecule has 0 heterocycles. The minimum Gasteiger partial charge on any atom is -0.444 e. The smallest absolute Gasteiger partial charge is 0.410 e. The van der Waals surface area contributed by atoms with Crippen molar-refractivity contribution in [3.8, 4) is 0 Å². The van der Waals surface area contributed by atoms with Crippen molar-refractivity contribution in [3.63, 3.8) is 0 Å². The van der Waals surface area contributed by atoms with Gasteiger partial charge in [-0.1, -0.05) is 6.92 Å². The molecule has 0 rings (SSSR count). The van der Waals surface area contributed by atoms with E-state index < -0.39 is 20.9 Å². The van der Waals surface area contributed by atoms with E-state index in [1.54, 1.807) is 34.7 Å². The number of nitrogens with zero attached hydrogens (tertiary/aromatic N) is 2. The number of rotatable bonds is 6. The summed E-state index contributed by atoms with van der Waals surface area (Å²) in [7, 11) is 3.18. The largest absolute Gasteiger partial charge is 0.444 e. The summed E-state index contributed by atoms with van der Waals surface area (Å²) in [4.78, 5) is 13.1. The lowest BCUT2D eigenvalue weighted by molar-refractivity contribution is 0.0296. The van der Waals surface area contributed by atoms with E-state index in [0.717, 1.165) is 4.31 Å². The van der Waals surface area contributed by atoms with E-state index in [2.05, 4.69) is 0 Å². The van der Waals surface area contributed by atoms with Crippen molar-refractivity contribution < 1.29 is 17.9 Å². The number of carbonyl (C=O) groups excluding carboxylic acids is 1. The summed E-state index contributed by atoms with van der Waals surface area (Å²) in [5, 5.41) is 0. The third kappa shape index (κ3) is 8.28. The molecule has 0 N–H and O–H groups in total. The molecule has 1 amide bonds. The molecule has 8 heteroatoms. The maximum absolute atomic E-state index is 11.6. The Morgan fingerprint density at radius 1 is 1.26 bits per heavy atom. The Labute approximate surface area is 120 Å². The SMILES string of the molecule is CCN(CCCN(C)C(=O)OC(C)(C)C)S(=O)(=O)Cl. The Bertz CT molecular complexity index is 392. The first-order valence-corrected chi connectivity index (χ1v) is 8.38. The summed E-state index contributed by atoms with van der Waals surface area (Å²) in [5.41, 5.74) is -0.541. The normalized spacial score (nSPS) is 12.6. The Hall–Kier alpha value is -0.530. The average Bonchev–Trinajstić information content (AvgIpc) is 2.19. The van der Waals surface area contributed by atoms with Gasteiger partial charge in [0.25, 0.3) is 9.24 Å². The van der Waals surface area contributed by atoms with Crippen LogP contribution in [0.5, 0.6) is 0 Å². The van der Waals surface area contributed by atoms with Crippen molar-refractivity contribution >= 4 is 26.0 Å².